The number of benzene rings is 1. The van der Waals surface area contributed by atoms with Gasteiger partial charge in [0.15, 0.2) is 0 Å². The van der Waals surface area contributed by atoms with E-state index in [4.69, 9.17) is 5.11 Å². The van der Waals surface area contributed by atoms with Crippen LogP contribution in [0.3, 0.4) is 0 Å². The molecule has 21 heavy (non-hydrogen) atoms. The zero-order valence-electron chi connectivity index (χ0n) is 11.6. The Balaban J connectivity index is 1.93. The lowest BCUT2D eigenvalue weighted by molar-refractivity contribution is 0.0692. The largest absolute Gasteiger partial charge is 0.478 e. The summed E-state index contributed by atoms with van der Waals surface area (Å²) in [6, 6.07) is 3.02. The first-order chi connectivity index (χ1) is 9.89. The molecule has 1 saturated heterocycles. The topological polar surface area (TPSA) is 78.4 Å². The van der Waals surface area contributed by atoms with Gasteiger partial charge < -0.3 is 15.7 Å². The quantitative estimate of drug-likeness (QED) is 0.799. The van der Waals surface area contributed by atoms with Gasteiger partial charge in [-0.2, -0.15) is 11.8 Å². The van der Waals surface area contributed by atoms with Crippen LogP contribution in [-0.4, -0.2) is 34.2 Å². The third-order valence-corrected chi connectivity index (χ3v) is 4.92. The number of carboxylic acids is 1. The van der Waals surface area contributed by atoms with Crippen molar-refractivity contribution in [3.8, 4) is 0 Å². The molecule has 7 heteroatoms. The van der Waals surface area contributed by atoms with Crippen LogP contribution in [0, 0.1) is 5.82 Å². The number of carboxylic acid groups (broad SMARTS) is 1. The molecule has 0 saturated carbocycles. The number of hydrogen-bond donors (Lipinski definition) is 3. The number of amides is 2. The minimum absolute atomic E-state index is 0.0480. The SMILES string of the molecule is CC1(CNC(=O)Nc2ccc(F)c(C(=O)O)c2)CCCS1. The Morgan fingerprint density at radius 3 is 2.86 bits per heavy atom. The summed E-state index contributed by atoms with van der Waals surface area (Å²) in [6.07, 6.45) is 2.20. The maximum atomic E-state index is 13.2. The van der Waals surface area contributed by atoms with Crippen molar-refractivity contribution in [3.05, 3.63) is 29.6 Å². The second-order valence-corrected chi connectivity index (χ2v) is 6.89. The van der Waals surface area contributed by atoms with Crippen LogP contribution < -0.4 is 10.6 Å². The Morgan fingerprint density at radius 2 is 2.24 bits per heavy atom. The third kappa shape index (κ3) is 4.10. The number of carbonyl (C=O) groups is 2. The van der Waals surface area contributed by atoms with Crippen LogP contribution in [0.5, 0.6) is 0 Å². The molecule has 1 aromatic rings. The van der Waals surface area contributed by atoms with Crippen LogP contribution in [0.2, 0.25) is 0 Å². The number of halogens is 1. The molecule has 1 aliphatic heterocycles. The molecule has 0 aromatic heterocycles. The Kier molecular flexibility index (Phi) is 4.72. The van der Waals surface area contributed by atoms with Crippen molar-refractivity contribution in [2.24, 2.45) is 0 Å². The van der Waals surface area contributed by atoms with Crippen molar-refractivity contribution in [2.75, 3.05) is 17.6 Å². The summed E-state index contributed by atoms with van der Waals surface area (Å²) in [7, 11) is 0. The second-order valence-electron chi connectivity index (χ2n) is 5.21. The lowest BCUT2D eigenvalue weighted by Crippen LogP contribution is -2.39. The van der Waals surface area contributed by atoms with E-state index in [0.29, 0.717) is 6.54 Å². The maximum Gasteiger partial charge on any atom is 0.338 e. The molecule has 0 radical (unpaired) electrons. The van der Waals surface area contributed by atoms with Gasteiger partial charge in [-0.25, -0.2) is 14.0 Å². The second kappa shape index (κ2) is 6.34. The van der Waals surface area contributed by atoms with Crippen LogP contribution >= 0.6 is 11.8 Å². The van der Waals surface area contributed by atoms with E-state index in [-0.39, 0.29) is 10.4 Å². The predicted molar refractivity (Wildman–Crippen MR) is 80.5 cm³/mol. The molecule has 1 heterocycles. The summed E-state index contributed by atoms with van der Waals surface area (Å²) in [5.74, 6) is -1.10. The monoisotopic (exact) mass is 312 g/mol. The van der Waals surface area contributed by atoms with E-state index < -0.39 is 23.4 Å². The Hall–Kier alpha value is -1.76. The Labute approximate surface area is 126 Å². The Bertz CT molecular complexity index is 559. The maximum absolute atomic E-state index is 13.2. The molecule has 1 atom stereocenters. The highest BCUT2D eigenvalue weighted by molar-refractivity contribution is 8.00. The molecule has 1 unspecified atom stereocenters. The van der Waals surface area contributed by atoms with Crippen molar-refractivity contribution >= 4 is 29.4 Å². The summed E-state index contributed by atoms with van der Waals surface area (Å²) in [6.45, 7) is 2.64. The number of thioether (sulfide) groups is 1. The molecule has 3 N–H and O–H groups in total. The molecular weight excluding hydrogens is 295 g/mol. The first kappa shape index (κ1) is 15.6. The van der Waals surface area contributed by atoms with Gasteiger partial charge in [0.1, 0.15) is 5.82 Å². The fourth-order valence-electron chi connectivity index (χ4n) is 2.19. The zero-order chi connectivity index (χ0) is 15.5. The molecule has 1 aliphatic rings. The number of urea groups is 1. The van der Waals surface area contributed by atoms with Crippen molar-refractivity contribution < 1.29 is 19.1 Å². The van der Waals surface area contributed by atoms with Gasteiger partial charge >= 0.3 is 12.0 Å². The standard InChI is InChI=1S/C14H17FN2O3S/c1-14(5-2-6-21-14)8-16-13(20)17-9-3-4-11(15)10(7-9)12(18)19/h3-4,7H,2,5-6,8H2,1H3,(H,18,19)(H2,16,17,20). The summed E-state index contributed by atoms with van der Waals surface area (Å²) in [5.41, 5.74) is -0.221. The number of nitrogens with one attached hydrogen (secondary N) is 2. The van der Waals surface area contributed by atoms with Crippen LogP contribution in [0.15, 0.2) is 18.2 Å². The van der Waals surface area contributed by atoms with E-state index in [1.807, 2.05) is 11.8 Å². The highest BCUT2D eigenvalue weighted by Gasteiger charge is 2.29. The van der Waals surface area contributed by atoms with E-state index in [1.54, 1.807) is 0 Å². The van der Waals surface area contributed by atoms with Gasteiger partial charge in [0.2, 0.25) is 0 Å². The molecule has 2 rings (SSSR count). The van der Waals surface area contributed by atoms with E-state index >= 15 is 0 Å². The van der Waals surface area contributed by atoms with Crippen molar-refractivity contribution in [1.29, 1.82) is 0 Å². The highest BCUT2D eigenvalue weighted by atomic mass is 32.2. The van der Waals surface area contributed by atoms with Gasteiger partial charge in [-0.1, -0.05) is 0 Å². The van der Waals surface area contributed by atoms with Gasteiger partial charge in [-0.3, -0.25) is 0 Å². The van der Waals surface area contributed by atoms with Crippen LogP contribution in [0.4, 0.5) is 14.9 Å². The highest BCUT2D eigenvalue weighted by Crippen LogP contribution is 2.36. The molecule has 1 aromatic carbocycles. The van der Waals surface area contributed by atoms with E-state index in [1.165, 1.54) is 6.07 Å². The lowest BCUT2D eigenvalue weighted by Gasteiger charge is -2.22. The van der Waals surface area contributed by atoms with Crippen molar-refractivity contribution in [1.82, 2.24) is 5.32 Å². The van der Waals surface area contributed by atoms with Crippen molar-refractivity contribution in [3.63, 3.8) is 0 Å². The molecule has 114 valence electrons. The zero-order valence-corrected chi connectivity index (χ0v) is 12.4. The average molecular weight is 312 g/mol. The van der Waals surface area contributed by atoms with Crippen LogP contribution in [0.1, 0.15) is 30.1 Å². The summed E-state index contributed by atoms with van der Waals surface area (Å²) >= 11 is 1.83. The van der Waals surface area contributed by atoms with E-state index in [0.717, 1.165) is 30.7 Å². The molecule has 0 aliphatic carbocycles. The predicted octanol–water partition coefficient (Wildman–Crippen LogP) is 2.93. The number of hydrogen-bond acceptors (Lipinski definition) is 3. The van der Waals surface area contributed by atoms with Gasteiger partial charge in [0.25, 0.3) is 0 Å². The summed E-state index contributed by atoms with van der Waals surface area (Å²) in [4.78, 5) is 22.6. The molecule has 0 spiro atoms. The summed E-state index contributed by atoms with van der Waals surface area (Å²) in [5, 5.41) is 14.1. The first-order valence-corrected chi connectivity index (χ1v) is 7.60. The van der Waals surface area contributed by atoms with E-state index in [9.17, 15) is 14.0 Å². The molecule has 5 nitrogen and oxygen atoms in total. The average Bonchev–Trinajstić information content (AvgIpc) is 2.86. The van der Waals surface area contributed by atoms with Gasteiger partial charge in [-0.05, 0) is 43.7 Å². The van der Waals surface area contributed by atoms with Gasteiger partial charge in [0, 0.05) is 17.0 Å². The van der Waals surface area contributed by atoms with Crippen LogP contribution in [-0.2, 0) is 0 Å². The fourth-order valence-corrected chi connectivity index (χ4v) is 3.43. The fraction of sp³-hybridized carbons (Fsp3) is 0.429. The van der Waals surface area contributed by atoms with Crippen molar-refractivity contribution in [2.45, 2.75) is 24.5 Å². The number of aromatic carboxylic acids is 1. The van der Waals surface area contributed by atoms with Gasteiger partial charge in [0.05, 0.1) is 5.56 Å². The molecule has 0 bridgehead atoms. The molecular formula is C14H17FN2O3S. The minimum Gasteiger partial charge on any atom is -0.478 e. The normalized spacial score (nSPS) is 21.0. The van der Waals surface area contributed by atoms with Crippen LogP contribution in [0.25, 0.3) is 0 Å². The number of carbonyl (C=O) groups excluding carboxylic acids is 1. The Morgan fingerprint density at radius 1 is 1.48 bits per heavy atom. The van der Waals surface area contributed by atoms with Gasteiger partial charge in [-0.15, -0.1) is 0 Å². The third-order valence-electron chi connectivity index (χ3n) is 3.38. The first-order valence-electron chi connectivity index (χ1n) is 6.61. The smallest absolute Gasteiger partial charge is 0.338 e. The lowest BCUT2D eigenvalue weighted by atomic mass is 10.1. The molecule has 2 amide bonds. The van der Waals surface area contributed by atoms with E-state index in [2.05, 4.69) is 17.6 Å². The number of anilines is 1. The molecule has 1 fully saturated rings. The summed E-state index contributed by atoms with van der Waals surface area (Å²) < 4.78 is 13.3. The number of rotatable bonds is 4. The minimum atomic E-state index is -1.37.